The summed E-state index contributed by atoms with van der Waals surface area (Å²) in [5.74, 6) is 0.584. The van der Waals surface area contributed by atoms with Crippen LogP contribution in [0.25, 0.3) is 11.2 Å². The summed E-state index contributed by atoms with van der Waals surface area (Å²) in [4.78, 5) is 16.6. The Balaban J connectivity index is 1.29. The lowest BCUT2D eigenvalue weighted by Gasteiger charge is -2.39. The molecule has 0 aliphatic carbocycles. The SMILES string of the molecule is FC(F)Cn1ncc2ncc(N3CCC4(CC3)CCN(c3ncccc3C(F)(F)F)C4)nc21. The fourth-order valence-corrected chi connectivity index (χ4v) is 4.86. The third-order valence-electron chi connectivity index (χ3n) is 6.62. The average Bonchev–Trinajstić information content (AvgIpc) is 3.38. The van der Waals surface area contributed by atoms with Crippen LogP contribution < -0.4 is 9.80 Å². The standard InChI is InChI=1S/C21H22F5N7/c22-16(23)12-33-19-15(10-29-33)28-11-17(30-19)31-7-3-20(4-8-31)5-9-32(13-20)18-14(21(24,25)26)2-1-6-27-18/h1-2,6,10-11,16H,3-5,7-9,12-13H2. The Bertz CT molecular complexity index is 1140. The van der Waals surface area contributed by atoms with Crippen LogP contribution in [-0.2, 0) is 12.7 Å². The van der Waals surface area contributed by atoms with Crippen LogP contribution in [-0.4, -0.2) is 57.3 Å². The number of halogens is 5. The van der Waals surface area contributed by atoms with Crippen LogP contribution in [0.3, 0.4) is 0 Å². The number of anilines is 2. The maximum absolute atomic E-state index is 13.4. The molecule has 33 heavy (non-hydrogen) atoms. The smallest absolute Gasteiger partial charge is 0.356 e. The molecule has 0 aromatic carbocycles. The molecule has 176 valence electrons. The molecule has 2 aliphatic heterocycles. The molecule has 3 aromatic rings. The van der Waals surface area contributed by atoms with Crippen LogP contribution in [0.5, 0.6) is 0 Å². The zero-order valence-corrected chi connectivity index (χ0v) is 17.6. The van der Waals surface area contributed by atoms with Gasteiger partial charge in [-0.15, -0.1) is 0 Å². The van der Waals surface area contributed by atoms with Crippen LogP contribution in [0.1, 0.15) is 24.8 Å². The van der Waals surface area contributed by atoms with Crippen LogP contribution >= 0.6 is 0 Å². The summed E-state index contributed by atoms with van der Waals surface area (Å²) < 4.78 is 67.0. The Morgan fingerprint density at radius 2 is 1.73 bits per heavy atom. The minimum absolute atomic E-state index is 0.00656. The first-order valence-electron chi connectivity index (χ1n) is 10.7. The quantitative estimate of drug-likeness (QED) is 0.541. The van der Waals surface area contributed by atoms with Crippen molar-refractivity contribution < 1.29 is 22.0 Å². The molecule has 0 N–H and O–H groups in total. The van der Waals surface area contributed by atoms with Gasteiger partial charge in [-0.2, -0.15) is 18.3 Å². The highest BCUT2D eigenvalue weighted by Gasteiger charge is 2.44. The van der Waals surface area contributed by atoms with Crippen molar-refractivity contribution in [2.24, 2.45) is 5.41 Å². The minimum Gasteiger partial charge on any atom is -0.356 e. The molecule has 0 saturated carbocycles. The number of hydrogen-bond acceptors (Lipinski definition) is 6. The maximum Gasteiger partial charge on any atom is 0.419 e. The Morgan fingerprint density at radius 3 is 2.42 bits per heavy atom. The second-order valence-electron chi connectivity index (χ2n) is 8.69. The van der Waals surface area contributed by atoms with Gasteiger partial charge in [0.1, 0.15) is 23.7 Å². The van der Waals surface area contributed by atoms with Gasteiger partial charge in [-0.05, 0) is 36.8 Å². The van der Waals surface area contributed by atoms with Gasteiger partial charge in [0.05, 0.1) is 18.0 Å². The normalized spacial score (nSPS) is 18.7. The predicted octanol–water partition coefficient (Wildman–Crippen LogP) is 4.00. The predicted molar refractivity (Wildman–Crippen MR) is 111 cm³/mol. The highest BCUT2D eigenvalue weighted by Crippen LogP contribution is 2.44. The van der Waals surface area contributed by atoms with E-state index in [1.165, 1.54) is 18.5 Å². The number of hydrogen-bond donors (Lipinski definition) is 0. The highest BCUT2D eigenvalue weighted by molar-refractivity contribution is 5.71. The number of piperidine rings is 1. The molecule has 1 spiro atoms. The van der Waals surface area contributed by atoms with Crippen molar-refractivity contribution in [1.29, 1.82) is 0 Å². The van der Waals surface area contributed by atoms with Crippen molar-refractivity contribution in [2.45, 2.75) is 38.4 Å². The van der Waals surface area contributed by atoms with Crippen molar-refractivity contribution >= 4 is 22.8 Å². The molecule has 0 bridgehead atoms. The number of fused-ring (bicyclic) bond motifs is 1. The number of alkyl halides is 5. The first kappa shape index (κ1) is 21.8. The molecule has 12 heteroatoms. The molecule has 0 amide bonds. The first-order chi connectivity index (χ1) is 15.7. The summed E-state index contributed by atoms with van der Waals surface area (Å²) in [7, 11) is 0. The average molecular weight is 467 g/mol. The topological polar surface area (TPSA) is 63.0 Å². The molecular weight excluding hydrogens is 445 g/mol. The van der Waals surface area contributed by atoms with Crippen LogP contribution in [0, 0.1) is 5.41 Å². The summed E-state index contributed by atoms with van der Waals surface area (Å²) in [6.07, 6.45) is -0.209. The zero-order chi connectivity index (χ0) is 23.2. The van der Waals surface area contributed by atoms with Gasteiger partial charge in [0.25, 0.3) is 6.43 Å². The van der Waals surface area contributed by atoms with E-state index >= 15 is 0 Å². The van der Waals surface area contributed by atoms with Gasteiger partial charge in [-0.25, -0.2) is 28.4 Å². The van der Waals surface area contributed by atoms with Crippen LogP contribution in [0.15, 0.2) is 30.7 Å². The van der Waals surface area contributed by atoms with E-state index in [1.54, 1.807) is 11.1 Å². The largest absolute Gasteiger partial charge is 0.419 e. The zero-order valence-electron chi connectivity index (χ0n) is 17.6. The number of pyridine rings is 1. The summed E-state index contributed by atoms with van der Waals surface area (Å²) in [5, 5.41) is 3.94. The van der Waals surface area contributed by atoms with Crippen LogP contribution in [0.4, 0.5) is 33.6 Å². The van der Waals surface area contributed by atoms with Gasteiger partial charge < -0.3 is 9.80 Å². The van der Waals surface area contributed by atoms with E-state index in [0.29, 0.717) is 43.2 Å². The van der Waals surface area contributed by atoms with E-state index in [1.807, 2.05) is 4.90 Å². The summed E-state index contributed by atoms with van der Waals surface area (Å²) in [5.41, 5.74) is -0.0279. The molecule has 7 nitrogen and oxygen atoms in total. The van der Waals surface area contributed by atoms with Gasteiger partial charge in [0.15, 0.2) is 5.65 Å². The molecule has 0 atom stereocenters. The number of nitrogens with zero attached hydrogens (tertiary/aromatic N) is 7. The third kappa shape index (κ3) is 4.18. The Kier molecular flexibility index (Phi) is 5.32. The number of aromatic nitrogens is 5. The molecule has 0 radical (unpaired) electrons. The van der Waals surface area contributed by atoms with E-state index in [-0.39, 0.29) is 11.2 Å². The van der Waals surface area contributed by atoms with Crippen molar-refractivity contribution in [3.63, 3.8) is 0 Å². The fourth-order valence-electron chi connectivity index (χ4n) is 4.86. The summed E-state index contributed by atoms with van der Waals surface area (Å²) in [6.45, 7) is 1.82. The molecule has 5 rings (SSSR count). The summed E-state index contributed by atoms with van der Waals surface area (Å²) >= 11 is 0. The van der Waals surface area contributed by atoms with Crippen molar-refractivity contribution in [2.75, 3.05) is 36.0 Å². The van der Waals surface area contributed by atoms with E-state index in [9.17, 15) is 22.0 Å². The van der Waals surface area contributed by atoms with E-state index in [2.05, 4.69) is 20.1 Å². The van der Waals surface area contributed by atoms with Crippen molar-refractivity contribution in [3.05, 3.63) is 36.3 Å². The van der Waals surface area contributed by atoms with Crippen molar-refractivity contribution in [1.82, 2.24) is 24.7 Å². The highest BCUT2D eigenvalue weighted by atomic mass is 19.4. The molecular formula is C21H22F5N7. The molecule has 0 unspecified atom stereocenters. The van der Waals surface area contributed by atoms with Gasteiger partial charge >= 0.3 is 6.18 Å². The Morgan fingerprint density at radius 1 is 1.00 bits per heavy atom. The van der Waals surface area contributed by atoms with E-state index in [0.717, 1.165) is 30.0 Å². The molecule has 2 fully saturated rings. The van der Waals surface area contributed by atoms with Gasteiger partial charge in [0.2, 0.25) is 0 Å². The second-order valence-corrected chi connectivity index (χ2v) is 8.69. The number of rotatable bonds is 4. The van der Waals surface area contributed by atoms with Gasteiger partial charge in [-0.3, -0.25) is 0 Å². The lowest BCUT2D eigenvalue weighted by molar-refractivity contribution is -0.137. The Labute approximate surface area is 186 Å². The second kappa shape index (κ2) is 8.07. The molecule has 3 aromatic heterocycles. The van der Waals surface area contributed by atoms with E-state index < -0.39 is 24.7 Å². The van der Waals surface area contributed by atoms with Gasteiger partial charge in [0, 0.05) is 32.4 Å². The van der Waals surface area contributed by atoms with Crippen molar-refractivity contribution in [3.8, 4) is 0 Å². The maximum atomic E-state index is 13.4. The lowest BCUT2D eigenvalue weighted by atomic mass is 9.78. The third-order valence-corrected chi connectivity index (χ3v) is 6.62. The molecule has 2 aliphatic rings. The first-order valence-corrected chi connectivity index (χ1v) is 10.7. The summed E-state index contributed by atoms with van der Waals surface area (Å²) in [6, 6.07) is 2.38. The lowest BCUT2D eigenvalue weighted by Crippen LogP contribution is -2.42. The monoisotopic (exact) mass is 467 g/mol. The van der Waals surface area contributed by atoms with Gasteiger partial charge in [-0.1, -0.05) is 0 Å². The Hall–Kier alpha value is -3.05. The minimum atomic E-state index is -4.45. The molecule has 2 saturated heterocycles. The van der Waals surface area contributed by atoms with E-state index in [4.69, 9.17) is 0 Å². The fraction of sp³-hybridized carbons (Fsp3) is 0.524. The van der Waals surface area contributed by atoms with Crippen LogP contribution in [0.2, 0.25) is 0 Å². The molecule has 5 heterocycles.